The van der Waals surface area contributed by atoms with Gasteiger partial charge < -0.3 is 16.9 Å². The van der Waals surface area contributed by atoms with Crippen LogP contribution in [0.1, 0.15) is 47.0 Å². The molecule has 0 N–H and O–H groups in total. The highest BCUT2D eigenvalue weighted by molar-refractivity contribution is 4.41. The van der Waals surface area contributed by atoms with Crippen molar-refractivity contribution in [3.05, 3.63) is 0 Å². The van der Waals surface area contributed by atoms with Crippen molar-refractivity contribution in [2.75, 3.05) is 26.2 Å². The maximum Gasteiger partial charge on any atom is 0.0783 e. The minimum absolute atomic E-state index is 0. The van der Waals surface area contributed by atoms with Crippen LogP contribution in [0, 0.1) is 0 Å². The van der Waals surface area contributed by atoms with Gasteiger partial charge in [0, 0.05) is 0 Å². The first-order chi connectivity index (χ1) is 5.74. The van der Waals surface area contributed by atoms with Crippen LogP contribution < -0.4 is 12.4 Å². The molecule has 0 aromatic heterocycles. The molecule has 13 heavy (non-hydrogen) atoms. The molecule has 0 atom stereocenters. The molecule has 0 amide bonds. The molecule has 0 rings (SSSR count). The maximum atomic E-state index is 2.33. The van der Waals surface area contributed by atoms with E-state index in [1.165, 1.54) is 49.9 Å². The molecule has 0 saturated carbocycles. The minimum Gasteiger partial charge on any atom is -1.00 e. The van der Waals surface area contributed by atoms with E-state index in [0.29, 0.717) is 0 Å². The average molecular weight is 208 g/mol. The van der Waals surface area contributed by atoms with Crippen molar-refractivity contribution in [3.63, 3.8) is 0 Å². The summed E-state index contributed by atoms with van der Waals surface area (Å²) in [7, 11) is 0. The number of rotatable bonds is 7. The molecule has 0 aromatic carbocycles. The first kappa shape index (κ1) is 15.7. The third-order valence-corrected chi connectivity index (χ3v) is 2.76. The van der Waals surface area contributed by atoms with Crippen LogP contribution in [0.25, 0.3) is 0 Å². The van der Waals surface area contributed by atoms with Crippen LogP contribution in [0.2, 0.25) is 0 Å². The van der Waals surface area contributed by atoms with Crippen molar-refractivity contribution in [1.29, 1.82) is 0 Å². The fraction of sp³-hybridized carbons (Fsp3) is 1.00. The van der Waals surface area contributed by atoms with E-state index in [2.05, 4.69) is 27.7 Å². The van der Waals surface area contributed by atoms with Gasteiger partial charge in [0.15, 0.2) is 0 Å². The maximum absolute atomic E-state index is 2.33. The van der Waals surface area contributed by atoms with Gasteiger partial charge in [-0.25, -0.2) is 0 Å². The van der Waals surface area contributed by atoms with Crippen molar-refractivity contribution >= 4 is 0 Å². The van der Waals surface area contributed by atoms with E-state index in [4.69, 9.17) is 0 Å². The SMILES string of the molecule is CCC[N+](CC)(CCC)CCC.[Cl-]. The average Bonchev–Trinajstić information content (AvgIpc) is 2.06. The Kier molecular flexibility index (Phi) is 10.7. The number of halogens is 1. The summed E-state index contributed by atoms with van der Waals surface area (Å²) in [5.41, 5.74) is 0. The molecule has 0 aliphatic carbocycles. The molecule has 82 valence electrons. The van der Waals surface area contributed by atoms with Gasteiger partial charge in [0.1, 0.15) is 0 Å². The van der Waals surface area contributed by atoms with Crippen LogP contribution in [0.3, 0.4) is 0 Å². The van der Waals surface area contributed by atoms with E-state index in [0.717, 1.165) is 0 Å². The first-order valence-electron chi connectivity index (χ1n) is 5.59. The van der Waals surface area contributed by atoms with Gasteiger partial charge in [-0.2, -0.15) is 0 Å². The topological polar surface area (TPSA) is 0 Å². The largest absolute Gasteiger partial charge is 1.00 e. The van der Waals surface area contributed by atoms with Crippen LogP contribution in [0.15, 0.2) is 0 Å². The Morgan fingerprint density at radius 2 is 1.00 bits per heavy atom. The molecule has 0 aliphatic rings. The zero-order valence-electron chi connectivity index (χ0n) is 9.77. The van der Waals surface area contributed by atoms with Gasteiger partial charge in [0.05, 0.1) is 26.2 Å². The standard InChI is InChI=1S/C11H26N.ClH/c1-5-9-12(8-4,10-6-2)11-7-3;/h5-11H2,1-4H3;1H/q+1;/p-1. The fourth-order valence-corrected chi connectivity index (χ4v) is 2.23. The molecular formula is C11H26ClN. The molecule has 0 heterocycles. The van der Waals surface area contributed by atoms with Crippen molar-refractivity contribution in [1.82, 2.24) is 0 Å². The molecule has 0 unspecified atom stereocenters. The highest BCUT2D eigenvalue weighted by atomic mass is 35.5. The Hall–Kier alpha value is 0.250. The number of hydrogen-bond donors (Lipinski definition) is 0. The van der Waals surface area contributed by atoms with E-state index in [9.17, 15) is 0 Å². The van der Waals surface area contributed by atoms with Crippen LogP contribution >= 0.6 is 0 Å². The Morgan fingerprint density at radius 3 is 1.15 bits per heavy atom. The lowest BCUT2D eigenvalue weighted by Crippen LogP contribution is -3.00. The zero-order chi connectivity index (χ0) is 9.45. The molecule has 0 fully saturated rings. The fourth-order valence-electron chi connectivity index (χ4n) is 2.23. The second-order valence-corrected chi connectivity index (χ2v) is 3.83. The lowest BCUT2D eigenvalue weighted by molar-refractivity contribution is -0.926. The van der Waals surface area contributed by atoms with Gasteiger partial charge in [-0.15, -0.1) is 0 Å². The second kappa shape index (κ2) is 8.83. The van der Waals surface area contributed by atoms with Gasteiger partial charge in [-0.1, -0.05) is 20.8 Å². The van der Waals surface area contributed by atoms with Crippen LogP contribution in [-0.2, 0) is 0 Å². The van der Waals surface area contributed by atoms with E-state index >= 15 is 0 Å². The Morgan fingerprint density at radius 1 is 0.692 bits per heavy atom. The quantitative estimate of drug-likeness (QED) is 0.518. The van der Waals surface area contributed by atoms with Gasteiger partial charge in [0.2, 0.25) is 0 Å². The predicted molar refractivity (Wildman–Crippen MR) is 56.3 cm³/mol. The summed E-state index contributed by atoms with van der Waals surface area (Å²) in [6.45, 7) is 14.7. The van der Waals surface area contributed by atoms with Gasteiger partial charge in [0.25, 0.3) is 0 Å². The minimum atomic E-state index is 0. The number of quaternary nitrogens is 1. The third-order valence-electron chi connectivity index (χ3n) is 2.76. The molecular weight excluding hydrogens is 182 g/mol. The molecule has 1 nitrogen and oxygen atoms in total. The van der Waals surface area contributed by atoms with E-state index in [1.807, 2.05) is 0 Å². The van der Waals surface area contributed by atoms with Crippen LogP contribution in [0.5, 0.6) is 0 Å². The van der Waals surface area contributed by atoms with Crippen molar-refractivity contribution in [2.45, 2.75) is 47.0 Å². The van der Waals surface area contributed by atoms with Crippen molar-refractivity contribution < 1.29 is 16.9 Å². The lowest BCUT2D eigenvalue weighted by Gasteiger charge is -2.37. The van der Waals surface area contributed by atoms with Gasteiger partial charge in [-0.05, 0) is 26.2 Å². The first-order valence-corrected chi connectivity index (χ1v) is 5.59. The Labute approximate surface area is 90.5 Å². The monoisotopic (exact) mass is 207 g/mol. The normalized spacial score (nSPS) is 11.1. The van der Waals surface area contributed by atoms with E-state index < -0.39 is 0 Å². The smallest absolute Gasteiger partial charge is 0.0783 e. The van der Waals surface area contributed by atoms with Gasteiger partial charge >= 0.3 is 0 Å². The highest BCUT2D eigenvalue weighted by Crippen LogP contribution is 2.10. The predicted octanol–water partition coefficient (Wildman–Crippen LogP) is 0.0571. The number of nitrogens with zero attached hydrogens (tertiary/aromatic N) is 1. The Bertz CT molecular complexity index is 87.2. The van der Waals surface area contributed by atoms with E-state index in [-0.39, 0.29) is 12.4 Å². The molecule has 0 radical (unpaired) electrons. The highest BCUT2D eigenvalue weighted by Gasteiger charge is 2.21. The summed E-state index contributed by atoms with van der Waals surface area (Å²) in [4.78, 5) is 0. The zero-order valence-corrected chi connectivity index (χ0v) is 10.5. The molecule has 0 aromatic rings. The lowest BCUT2D eigenvalue weighted by atomic mass is 10.2. The second-order valence-electron chi connectivity index (χ2n) is 3.83. The summed E-state index contributed by atoms with van der Waals surface area (Å²) < 4.78 is 1.35. The molecule has 0 spiro atoms. The van der Waals surface area contributed by atoms with Gasteiger partial charge in [-0.3, -0.25) is 0 Å². The number of hydrogen-bond acceptors (Lipinski definition) is 0. The van der Waals surface area contributed by atoms with Crippen molar-refractivity contribution in [3.8, 4) is 0 Å². The van der Waals surface area contributed by atoms with Crippen LogP contribution in [0.4, 0.5) is 0 Å². The van der Waals surface area contributed by atoms with E-state index in [1.54, 1.807) is 0 Å². The Balaban J connectivity index is 0. The summed E-state index contributed by atoms with van der Waals surface area (Å²) in [6, 6.07) is 0. The molecule has 0 saturated heterocycles. The molecule has 0 aliphatic heterocycles. The van der Waals surface area contributed by atoms with Crippen molar-refractivity contribution in [2.24, 2.45) is 0 Å². The summed E-state index contributed by atoms with van der Waals surface area (Å²) in [5.74, 6) is 0. The summed E-state index contributed by atoms with van der Waals surface area (Å²) in [6.07, 6.45) is 3.98. The third kappa shape index (κ3) is 5.53. The molecule has 0 bridgehead atoms. The molecule has 2 heteroatoms. The summed E-state index contributed by atoms with van der Waals surface area (Å²) in [5, 5.41) is 0. The summed E-state index contributed by atoms with van der Waals surface area (Å²) >= 11 is 0. The van der Waals surface area contributed by atoms with Crippen LogP contribution in [-0.4, -0.2) is 30.7 Å².